The predicted molar refractivity (Wildman–Crippen MR) is 109 cm³/mol. The van der Waals surface area contributed by atoms with E-state index in [4.69, 9.17) is 22.1 Å². The normalized spacial score (nSPS) is 11.5. The van der Waals surface area contributed by atoms with E-state index in [0.717, 1.165) is 28.5 Å². The molecule has 26 heavy (non-hydrogen) atoms. The van der Waals surface area contributed by atoms with Crippen LogP contribution in [0.3, 0.4) is 0 Å². The van der Waals surface area contributed by atoms with Crippen molar-refractivity contribution in [3.63, 3.8) is 0 Å². The standard InChI is InChI=1S/C19H24N4OS2/c1-14(2)23-18(16-5-7-17(24-4)8-6-16)20-22(19(23)25)13-21(3)11-15-9-10-26-12-15/h5-10,12,14H,11,13H2,1-4H3. The number of hydrogen-bond acceptors (Lipinski definition) is 5. The SMILES string of the molecule is COc1ccc(-c2nn(CN(C)Cc3ccsc3)c(=S)n2C(C)C)cc1. The summed E-state index contributed by atoms with van der Waals surface area (Å²) in [5.74, 6) is 1.72. The van der Waals surface area contributed by atoms with Crippen LogP contribution in [-0.4, -0.2) is 33.4 Å². The molecule has 0 radical (unpaired) electrons. The summed E-state index contributed by atoms with van der Waals surface area (Å²) in [4.78, 5) is 2.22. The van der Waals surface area contributed by atoms with Gasteiger partial charge >= 0.3 is 0 Å². The molecule has 7 heteroatoms. The molecule has 0 spiro atoms. The second kappa shape index (κ2) is 8.16. The summed E-state index contributed by atoms with van der Waals surface area (Å²) in [5.41, 5.74) is 2.34. The summed E-state index contributed by atoms with van der Waals surface area (Å²) in [6.07, 6.45) is 0. The first-order valence-electron chi connectivity index (χ1n) is 8.53. The Morgan fingerprint density at radius 1 is 1.23 bits per heavy atom. The minimum absolute atomic E-state index is 0.232. The zero-order valence-electron chi connectivity index (χ0n) is 15.5. The fourth-order valence-corrected chi connectivity index (χ4v) is 3.94. The minimum atomic E-state index is 0.232. The van der Waals surface area contributed by atoms with Crippen molar-refractivity contribution in [1.29, 1.82) is 0 Å². The summed E-state index contributed by atoms with van der Waals surface area (Å²) in [5, 5.41) is 9.09. The largest absolute Gasteiger partial charge is 0.497 e. The Hall–Kier alpha value is -1.96. The van der Waals surface area contributed by atoms with Crippen molar-refractivity contribution in [3.8, 4) is 17.1 Å². The van der Waals surface area contributed by atoms with E-state index in [1.165, 1.54) is 5.56 Å². The van der Waals surface area contributed by atoms with Crippen molar-refractivity contribution in [3.05, 3.63) is 51.4 Å². The number of benzene rings is 1. The quantitative estimate of drug-likeness (QED) is 0.544. The fraction of sp³-hybridized carbons (Fsp3) is 0.368. The highest BCUT2D eigenvalue weighted by Crippen LogP contribution is 2.24. The second-order valence-corrected chi connectivity index (χ2v) is 7.73. The molecular weight excluding hydrogens is 364 g/mol. The van der Waals surface area contributed by atoms with Crippen LogP contribution in [0.15, 0.2) is 41.1 Å². The molecule has 0 aliphatic heterocycles. The van der Waals surface area contributed by atoms with Crippen molar-refractivity contribution >= 4 is 23.6 Å². The fourth-order valence-electron chi connectivity index (χ4n) is 2.89. The lowest BCUT2D eigenvalue weighted by atomic mass is 10.2. The molecule has 0 atom stereocenters. The third-order valence-corrected chi connectivity index (χ3v) is 5.28. The van der Waals surface area contributed by atoms with E-state index in [0.29, 0.717) is 6.67 Å². The highest BCUT2D eigenvalue weighted by Gasteiger charge is 2.16. The number of aromatic nitrogens is 3. The van der Waals surface area contributed by atoms with E-state index in [-0.39, 0.29) is 6.04 Å². The summed E-state index contributed by atoms with van der Waals surface area (Å²) < 4.78 is 10.0. The smallest absolute Gasteiger partial charge is 0.199 e. The number of nitrogens with zero attached hydrogens (tertiary/aromatic N) is 4. The van der Waals surface area contributed by atoms with Gasteiger partial charge in [-0.1, -0.05) is 0 Å². The van der Waals surface area contributed by atoms with Crippen LogP contribution in [0.25, 0.3) is 11.4 Å². The zero-order chi connectivity index (χ0) is 18.7. The highest BCUT2D eigenvalue weighted by atomic mass is 32.1. The summed E-state index contributed by atoms with van der Waals surface area (Å²) >= 11 is 7.44. The molecular formula is C19H24N4OS2. The van der Waals surface area contributed by atoms with E-state index >= 15 is 0 Å². The topological polar surface area (TPSA) is 35.2 Å². The Morgan fingerprint density at radius 2 is 1.96 bits per heavy atom. The number of ether oxygens (including phenoxy) is 1. The summed E-state index contributed by atoms with van der Waals surface area (Å²) in [6, 6.07) is 10.3. The Bertz CT molecular complexity index is 895. The molecule has 0 bridgehead atoms. The lowest BCUT2D eigenvalue weighted by Crippen LogP contribution is -2.22. The van der Waals surface area contributed by atoms with Crippen molar-refractivity contribution in [1.82, 2.24) is 19.2 Å². The maximum Gasteiger partial charge on any atom is 0.199 e. The molecule has 2 aromatic heterocycles. The Labute approximate surface area is 163 Å². The van der Waals surface area contributed by atoms with E-state index in [2.05, 4.69) is 47.2 Å². The third kappa shape index (κ3) is 4.06. The first kappa shape index (κ1) is 18.8. The molecule has 3 rings (SSSR count). The maximum absolute atomic E-state index is 5.72. The van der Waals surface area contributed by atoms with Crippen LogP contribution in [-0.2, 0) is 13.2 Å². The first-order chi connectivity index (χ1) is 12.5. The second-order valence-electron chi connectivity index (χ2n) is 6.59. The number of rotatable bonds is 7. The molecule has 0 saturated heterocycles. The summed E-state index contributed by atoms with van der Waals surface area (Å²) in [6.45, 7) is 5.78. The molecule has 138 valence electrons. The molecule has 0 aliphatic carbocycles. The average molecular weight is 389 g/mol. The number of thiophene rings is 1. The molecule has 0 N–H and O–H groups in total. The van der Waals surface area contributed by atoms with Gasteiger partial charge in [0.15, 0.2) is 10.6 Å². The first-order valence-corrected chi connectivity index (χ1v) is 9.88. The van der Waals surface area contributed by atoms with Crippen molar-refractivity contribution in [2.45, 2.75) is 33.1 Å². The van der Waals surface area contributed by atoms with Gasteiger partial charge in [0, 0.05) is 18.2 Å². The van der Waals surface area contributed by atoms with Crippen molar-refractivity contribution in [2.24, 2.45) is 0 Å². The van der Waals surface area contributed by atoms with E-state index < -0.39 is 0 Å². The Morgan fingerprint density at radius 3 is 2.54 bits per heavy atom. The number of methoxy groups -OCH3 is 1. The van der Waals surface area contributed by atoms with Gasteiger partial charge in [0.25, 0.3) is 0 Å². The van der Waals surface area contributed by atoms with Gasteiger partial charge in [0.1, 0.15) is 5.75 Å². The maximum atomic E-state index is 5.72. The monoisotopic (exact) mass is 388 g/mol. The lowest BCUT2D eigenvalue weighted by molar-refractivity contribution is 0.244. The third-order valence-electron chi connectivity index (χ3n) is 4.14. The average Bonchev–Trinajstić information content (AvgIpc) is 3.23. The Balaban J connectivity index is 1.90. The van der Waals surface area contributed by atoms with Gasteiger partial charge in [-0.25, -0.2) is 4.68 Å². The van der Waals surface area contributed by atoms with Gasteiger partial charge in [0.2, 0.25) is 0 Å². The van der Waals surface area contributed by atoms with Gasteiger partial charge in [-0.2, -0.15) is 16.4 Å². The van der Waals surface area contributed by atoms with Gasteiger partial charge in [0.05, 0.1) is 13.8 Å². The lowest BCUT2D eigenvalue weighted by Gasteiger charge is -2.15. The molecule has 0 fully saturated rings. The van der Waals surface area contributed by atoms with Crippen LogP contribution in [0, 0.1) is 4.77 Å². The van der Waals surface area contributed by atoms with Gasteiger partial charge in [-0.15, -0.1) is 0 Å². The van der Waals surface area contributed by atoms with Crippen molar-refractivity contribution < 1.29 is 4.74 Å². The van der Waals surface area contributed by atoms with Gasteiger partial charge in [-0.3, -0.25) is 9.47 Å². The molecule has 0 amide bonds. The zero-order valence-corrected chi connectivity index (χ0v) is 17.2. The van der Waals surface area contributed by atoms with Crippen LogP contribution >= 0.6 is 23.6 Å². The molecule has 0 aliphatic rings. The van der Waals surface area contributed by atoms with Crippen LogP contribution in [0.1, 0.15) is 25.5 Å². The van der Waals surface area contributed by atoms with Crippen LogP contribution in [0.5, 0.6) is 5.75 Å². The summed E-state index contributed by atoms with van der Waals surface area (Å²) in [7, 11) is 3.75. The van der Waals surface area contributed by atoms with Gasteiger partial charge < -0.3 is 4.74 Å². The minimum Gasteiger partial charge on any atom is -0.497 e. The molecule has 5 nitrogen and oxygen atoms in total. The van der Waals surface area contributed by atoms with E-state index in [1.54, 1.807) is 18.4 Å². The molecule has 0 unspecified atom stereocenters. The van der Waals surface area contributed by atoms with Crippen LogP contribution in [0.2, 0.25) is 0 Å². The van der Waals surface area contributed by atoms with E-state index in [1.807, 2.05) is 28.9 Å². The molecule has 2 heterocycles. The Kier molecular flexibility index (Phi) is 5.90. The molecule has 3 aromatic rings. The predicted octanol–water partition coefficient (Wildman–Crippen LogP) is 4.82. The molecule has 1 aromatic carbocycles. The van der Waals surface area contributed by atoms with Crippen LogP contribution < -0.4 is 4.74 Å². The van der Waals surface area contributed by atoms with Gasteiger partial charge in [-0.05, 0) is 79.8 Å². The van der Waals surface area contributed by atoms with Crippen molar-refractivity contribution in [2.75, 3.05) is 14.2 Å². The molecule has 0 saturated carbocycles. The van der Waals surface area contributed by atoms with Crippen LogP contribution in [0.4, 0.5) is 0 Å². The van der Waals surface area contributed by atoms with E-state index in [9.17, 15) is 0 Å². The highest BCUT2D eigenvalue weighted by molar-refractivity contribution is 7.71. The number of hydrogen-bond donors (Lipinski definition) is 0.